The minimum atomic E-state index is 0. The second-order valence-corrected chi connectivity index (χ2v) is 15.6. The number of fused-ring (bicyclic) bond motifs is 5. The summed E-state index contributed by atoms with van der Waals surface area (Å²) < 4.78 is 1.42. The van der Waals surface area contributed by atoms with Gasteiger partial charge < -0.3 is 24.8 Å². The van der Waals surface area contributed by atoms with Gasteiger partial charge in [0.15, 0.2) is 0 Å². The van der Waals surface area contributed by atoms with Crippen LogP contribution < -0.4 is 24.8 Å². The van der Waals surface area contributed by atoms with Crippen LogP contribution in [0.3, 0.4) is 0 Å². The van der Waals surface area contributed by atoms with Gasteiger partial charge in [-0.1, -0.05) is 71.1 Å². The molecule has 0 aromatic heterocycles. The Morgan fingerprint density at radius 2 is 1.23 bits per heavy atom. The minimum absolute atomic E-state index is 0. The van der Waals surface area contributed by atoms with Crippen LogP contribution in [0.1, 0.15) is 99.9 Å². The van der Waals surface area contributed by atoms with Crippen molar-refractivity contribution in [3.63, 3.8) is 0 Å². The monoisotopic (exact) mass is 744 g/mol. The third-order valence-corrected chi connectivity index (χ3v) is 11.1. The molecule has 0 radical (unpaired) electrons. The molecule has 244 valence electrons. The summed E-state index contributed by atoms with van der Waals surface area (Å²) in [7, 11) is 0. The van der Waals surface area contributed by atoms with Crippen molar-refractivity contribution in [2.75, 3.05) is 0 Å². The summed E-state index contributed by atoms with van der Waals surface area (Å²) in [5.74, 6) is 0.556. The number of halogens is 2. The molecule has 1 atom stereocenters. The number of hydrogen-bond acceptors (Lipinski definition) is 0. The molecule has 48 heavy (non-hydrogen) atoms. The predicted molar refractivity (Wildman–Crippen MR) is 194 cm³/mol. The van der Waals surface area contributed by atoms with E-state index in [-0.39, 0.29) is 35.6 Å². The van der Waals surface area contributed by atoms with E-state index in [1.165, 1.54) is 99.8 Å². The first-order chi connectivity index (χ1) is 21.8. The van der Waals surface area contributed by atoms with E-state index in [0.717, 1.165) is 6.42 Å². The third-order valence-electron chi connectivity index (χ3n) is 9.64. The van der Waals surface area contributed by atoms with Crippen molar-refractivity contribution in [1.29, 1.82) is 0 Å². The van der Waals surface area contributed by atoms with Crippen LogP contribution in [0.5, 0.6) is 0 Å². The van der Waals surface area contributed by atoms with Crippen LogP contribution in [0.15, 0.2) is 109 Å². The molecule has 0 fully saturated rings. The molecular weight excluding hydrogens is 703 g/mol. The molecular formula is C45H44Cl2Zr-2. The van der Waals surface area contributed by atoms with Gasteiger partial charge in [0.2, 0.25) is 0 Å². The summed E-state index contributed by atoms with van der Waals surface area (Å²) in [5.41, 5.74) is 18.5. The second-order valence-electron chi connectivity index (χ2n) is 14.3. The summed E-state index contributed by atoms with van der Waals surface area (Å²) in [6.45, 7) is 17.9. The average Bonchev–Trinajstić information content (AvgIpc) is 3.72. The Bertz CT molecular complexity index is 1830. The summed E-state index contributed by atoms with van der Waals surface area (Å²) in [4.78, 5) is 0. The summed E-state index contributed by atoms with van der Waals surface area (Å²) >= 11 is 1.46. The van der Waals surface area contributed by atoms with Gasteiger partial charge in [0.25, 0.3) is 0 Å². The summed E-state index contributed by atoms with van der Waals surface area (Å²) in [6.07, 6.45) is 14.5. The van der Waals surface area contributed by atoms with Gasteiger partial charge in [-0.05, 0) is 58.4 Å². The van der Waals surface area contributed by atoms with Crippen LogP contribution in [0.2, 0.25) is 0 Å². The number of benzene rings is 4. The van der Waals surface area contributed by atoms with Gasteiger partial charge in [-0.15, -0.1) is 18.6 Å². The Morgan fingerprint density at radius 1 is 0.708 bits per heavy atom. The van der Waals surface area contributed by atoms with Crippen LogP contribution >= 0.6 is 0 Å². The SMILES string of the molecule is CC1=CC(C)[C-]=C1.CC1=[C-]C(C)(C)c2cc3c(cc21)-c1cc2c(cc1C3)C(C)(C)C=C2C.[Cl-].[Cl-].[Zr+2]=[C](c1ccccc1)c1ccccc1. The summed E-state index contributed by atoms with van der Waals surface area (Å²) in [5, 5.41) is 0. The van der Waals surface area contributed by atoms with E-state index in [1.54, 1.807) is 0 Å². The van der Waals surface area contributed by atoms with Gasteiger partial charge >= 0.3 is 99.2 Å². The molecule has 4 aliphatic rings. The molecule has 4 aromatic rings. The molecule has 3 heteroatoms. The van der Waals surface area contributed by atoms with Crippen molar-refractivity contribution < 1.29 is 49.0 Å². The van der Waals surface area contributed by atoms with E-state index in [4.69, 9.17) is 0 Å². The van der Waals surface area contributed by atoms with Crippen LogP contribution in [0.4, 0.5) is 0 Å². The van der Waals surface area contributed by atoms with E-state index in [0.29, 0.717) is 5.92 Å². The Balaban J connectivity index is 0.000000191. The zero-order valence-electron chi connectivity index (χ0n) is 29.4. The second kappa shape index (κ2) is 15.0. The van der Waals surface area contributed by atoms with E-state index < -0.39 is 0 Å². The molecule has 0 amide bonds. The van der Waals surface area contributed by atoms with Crippen molar-refractivity contribution >= 4 is 14.4 Å². The fourth-order valence-electron chi connectivity index (χ4n) is 7.40. The Kier molecular flexibility index (Phi) is 11.8. The topological polar surface area (TPSA) is 0 Å². The van der Waals surface area contributed by atoms with Gasteiger partial charge in [0.05, 0.1) is 0 Å². The number of rotatable bonds is 2. The molecule has 0 nitrogen and oxygen atoms in total. The maximum atomic E-state index is 3.65. The van der Waals surface area contributed by atoms with E-state index >= 15 is 0 Å². The van der Waals surface area contributed by atoms with Gasteiger partial charge in [0, 0.05) is 5.41 Å². The van der Waals surface area contributed by atoms with Crippen LogP contribution in [-0.4, -0.2) is 3.21 Å². The average molecular weight is 747 g/mol. The van der Waals surface area contributed by atoms with E-state index in [9.17, 15) is 0 Å². The zero-order valence-corrected chi connectivity index (χ0v) is 33.3. The fraction of sp³-hybridized carbons (Fsp3) is 0.267. The van der Waals surface area contributed by atoms with Crippen LogP contribution in [0, 0.1) is 18.1 Å². The molecule has 4 aliphatic carbocycles. The Labute approximate surface area is 316 Å². The molecule has 8 rings (SSSR count). The van der Waals surface area contributed by atoms with Gasteiger partial charge in [-0.3, -0.25) is 12.2 Å². The first-order valence-electron chi connectivity index (χ1n) is 16.5. The maximum absolute atomic E-state index is 3.65. The molecule has 0 saturated carbocycles. The Morgan fingerprint density at radius 3 is 1.71 bits per heavy atom. The van der Waals surface area contributed by atoms with E-state index in [2.05, 4.69) is 165 Å². The predicted octanol–water partition coefficient (Wildman–Crippen LogP) is 5.20. The molecule has 0 bridgehead atoms. The zero-order chi connectivity index (χ0) is 32.8. The summed E-state index contributed by atoms with van der Waals surface area (Å²) in [6, 6.07) is 30.9. The molecule has 0 heterocycles. The molecule has 0 N–H and O–H groups in total. The standard InChI is InChI=1S/C25H25.C13H10.C7H9.2ClH.Zr/c1-14-12-24(3,4)22-8-16-7-17-9-23-19(15(2)13-25(23,5)6)11-21(17)20(16)10-18(14)22;1-3-7-12(8-4-1)11-13-9-5-2-6-10-13;1-6-3-4-7(2)5-6;;;/h8-12H,7H2,1-6H3;1-10H;3,5,7H,1-2H3;2*1H;/q-1;;-1;;;+2/p-2. The van der Waals surface area contributed by atoms with Crippen LogP contribution in [-0.2, 0) is 41.5 Å². The van der Waals surface area contributed by atoms with Crippen molar-refractivity contribution in [2.45, 2.75) is 72.6 Å². The molecule has 0 saturated heterocycles. The number of allylic oxidation sites excluding steroid dienone is 8. The van der Waals surface area contributed by atoms with Crippen molar-refractivity contribution in [2.24, 2.45) is 5.92 Å². The van der Waals surface area contributed by atoms with Crippen molar-refractivity contribution in [1.82, 2.24) is 0 Å². The normalized spacial score (nSPS) is 17.7. The first-order valence-corrected chi connectivity index (χ1v) is 17.7. The molecule has 0 spiro atoms. The first kappa shape index (κ1) is 38.0. The quantitative estimate of drug-likeness (QED) is 0.218. The van der Waals surface area contributed by atoms with E-state index in [1.807, 2.05) is 6.08 Å². The molecule has 0 aliphatic heterocycles. The fourth-order valence-corrected chi connectivity index (χ4v) is 8.22. The third kappa shape index (κ3) is 7.65. The molecule has 4 aromatic carbocycles. The van der Waals surface area contributed by atoms with Gasteiger partial charge in [0.1, 0.15) is 0 Å². The Hall–Kier alpha value is -2.83. The van der Waals surface area contributed by atoms with Gasteiger partial charge in [-0.25, -0.2) is 17.2 Å². The number of hydrogen-bond donors (Lipinski definition) is 0. The van der Waals surface area contributed by atoms with Crippen molar-refractivity contribution in [3.05, 3.63) is 165 Å². The molecule has 1 unspecified atom stereocenters. The van der Waals surface area contributed by atoms with Crippen LogP contribution in [0.25, 0.3) is 22.3 Å². The van der Waals surface area contributed by atoms with Crippen molar-refractivity contribution in [3.8, 4) is 11.1 Å². The van der Waals surface area contributed by atoms with Gasteiger partial charge in [-0.2, -0.15) is 11.6 Å².